The number of rotatable bonds is 4. The summed E-state index contributed by atoms with van der Waals surface area (Å²) in [6, 6.07) is 11.9. The first kappa shape index (κ1) is 21.5. The molecule has 0 aromatic heterocycles. The molecule has 1 amide bonds. The predicted octanol–water partition coefficient (Wildman–Crippen LogP) is 3.85. The third kappa shape index (κ3) is 4.19. The summed E-state index contributed by atoms with van der Waals surface area (Å²) >= 11 is 14.1. The topological polar surface area (TPSA) is 76.0 Å². The fourth-order valence-electron chi connectivity index (χ4n) is 3.70. The van der Waals surface area contributed by atoms with Gasteiger partial charge in [0.25, 0.3) is 5.91 Å². The summed E-state index contributed by atoms with van der Waals surface area (Å²) in [5, 5.41) is 0.922. The molecule has 10 heteroatoms. The number of aliphatic imine (C=N–C) groups is 1. The highest BCUT2D eigenvalue weighted by Gasteiger charge is 2.50. The average Bonchev–Trinajstić information content (AvgIpc) is 3.14. The molecule has 2 fully saturated rings. The van der Waals surface area contributed by atoms with Crippen LogP contribution in [0.15, 0.2) is 47.5 Å². The van der Waals surface area contributed by atoms with Crippen LogP contribution in [0.4, 0.5) is 5.69 Å². The number of fused-ring (bicyclic) bond motifs is 1. The van der Waals surface area contributed by atoms with Crippen molar-refractivity contribution >= 4 is 61.6 Å². The molecule has 0 N–H and O–H groups in total. The van der Waals surface area contributed by atoms with Crippen molar-refractivity contribution < 1.29 is 17.9 Å². The number of ether oxygens (including phenoxy) is 1. The molecule has 2 aliphatic rings. The van der Waals surface area contributed by atoms with E-state index in [1.54, 1.807) is 36.3 Å². The number of thioether (sulfide) groups is 1. The minimum atomic E-state index is -3.19. The van der Waals surface area contributed by atoms with Gasteiger partial charge in [-0.1, -0.05) is 59.2 Å². The molecule has 0 radical (unpaired) electrons. The minimum absolute atomic E-state index is 0.0284. The number of amidine groups is 1. The van der Waals surface area contributed by atoms with Crippen LogP contribution in [-0.2, 0) is 21.1 Å². The second-order valence-corrected chi connectivity index (χ2v) is 11.2. The summed E-state index contributed by atoms with van der Waals surface area (Å²) in [5.74, 6) is 0.240. The molecule has 2 aromatic rings. The Balaban J connectivity index is 1.70. The van der Waals surface area contributed by atoms with Crippen LogP contribution >= 0.6 is 35.0 Å². The largest absolute Gasteiger partial charge is 0.496 e. The number of hydrogen-bond acceptors (Lipinski definition) is 5. The molecule has 6 nitrogen and oxygen atoms in total. The maximum absolute atomic E-state index is 12.8. The Kier molecular flexibility index (Phi) is 6.03. The zero-order chi connectivity index (χ0) is 21.5. The van der Waals surface area contributed by atoms with Crippen LogP contribution in [0.5, 0.6) is 5.75 Å². The lowest BCUT2D eigenvalue weighted by molar-refractivity contribution is -0.117. The van der Waals surface area contributed by atoms with E-state index in [0.717, 1.165) is 5.56 Å². The van der Waals surface area contributed by atoms with E-state index >= 15 is 0 Å². The van der Waals surface area contributed by atoms with Gasteiger partial charge in [-0.3, -0.25) is 4.79 Å². The van der Waals surface area contributed by atoms with Gasteiger partial charge in [0.1, 0.15) is 5.75 Å². The second-order valence-electron chi connectivity index (χ2n) is 7.02. The smallest absolute Gasteiger partial charge is 0.252 e. The summed E-state index contributed by atoms with van der Waals surface area (Å²) in [6.45, 7) is 0. The van der Waals surface area contributed by atoms with Gasteiger partial charge in [-0.15, -0.1) is 0 Å². The number of sulfone groups is 1. The van der Waals surface area contributed by atoms with Gasteiger partial charge in [-0.05, 0) is 18.2 Å². The Morgan fingerprint density at radius 3 is 2.57 bits per heavy atom. The number of nitrogens with zero attached hydrogens (tertiary/aromatic N) is 2. The van der Waals surface area contributed by atoms with Crippen LogP contribution < -0.4 is 9.64 Å². The summed E-state index contributed by atoms with van der Waals surface area (Å²) in [6.07, 6.45) is 0.0613. The van der Waals surface area contributed by atoms with Crippen molar-refractivity contribution in [3.05, 3.63) is 58.1 Å². The first-order valence-corrected chi connectivity index (χ1v) is 12.6. The maximum Gasteiger partial charge on any atom is 0.252 e. The van der Waals surface area contributed by atoms with Gasteiger partial charge in [0.05, 0.1) is 46.8 Å². The lowest BCUT2D eigenvalue weighted by atomic mass is 10.1. The van der Waals surface area contributed by atoms with Gasteiger partial charge >= 0.3 is 0 Å². The fourth-order valence-corrected chi connectivity index (χ4v) is 8.20. The maximum atomic E-state index is 12.8. The molecular formula is C20H18Cl2N2O4S2. The highest BCUT2D eigenvalue weighted by Crippen LogP contribution is 2.45. The Labute approximate surface area is 189 Å². The molecule has 0 unspecified atom stereocenters. The number of carbonyl (C=O) groups excluding carboxylic acids is 1. The van der Waals surface area contributed by atoms with E-state index in [0.29, 0.717) is 26.6 Å². The molecule has 30 heavy (non-hydrogen) atoms. The summed E-state index contributed by atoms with van der Waals surface area (Å²) in [5.41, 5.74) is 1.20. The third-order valence-corrected chi connectivity index (χ3v) is 8.82. The van der Waals surface area contributed by atoms with Gasteiger partial charge in [-0.2, -0.15) is 4.99 Å². The molecule has 2 saturated heterocycles. The van der Waals surface area contributed by atoms with Crippen molar-refractivity contribution in [2.24, 2.45) is 4.99 Å². The standard InChI is InChI=1S/C20H18Cl2N2O4S2/c1-28-16-8-3-2-5-12(16)9-18(25)23-20-24(19-13(21)6-4-7-14(19)22)15-10-30(26,27)11-17(15)29-20/h2-8,15,17H,9-11H2,1H3/t15-,17-/m1/s1. The van der Waals surface area contributed by atoms with Crippen molar-refractivity contribution in [3.8, 4) is 5.75 Å². The zero-order valence-electron chi connectivity index (χ0n) is 15.9. The van der Waals surface area contributed by atoms with E-state index in [1.165, 1.54) is 11.8 Å². The Bertz CT molecular complexity index is 1120. The average molecular weight is 485 g/mol. The van der Waals surface area contributed by atoms with Gasteiger partial charge in [0, 0.05) is 10.8 Å². The second kappa shape index (κ2) is 8.42. The van der Waals surface area contributed by atoms with E-state index in [-0.39, 0.29) is 35.1 Å². The Hall–Kier alpha value is -1.74. The highest BCUT2D eigenvalue weighted by atomic mass is 35.5. The van der Waals surface area contributed by atoms with Gasteiger partial charge < -0.3 is 9.64 Å². The molecule has 2 aliphatic heterocycles. The Morgan fingerprint density at radius 2 is 1.87 bits per heavy atom. The quantitative estimate of drug-likeness (QED) is 0.655. The predicted molar refractivity (Wildman–Crippen MR) is 122 cm³/mol. The molecule has 0 aliphatic carbocycles. The van der Waals surface area contributed by atoms with E-state index in [4.69, 9.17) is 27.9 Å². The van der Waals surface area contributed by atoms with Crippen LogP contribution in [0.2, 0.25) is 10.0 Å². The number of hydrogen-bond donors (Lipinski definition) is 0. The van der Waals surface area contributed by atoms with E-state index < -0.39 is 9.84 Å². The highest BCUT2D eigenvalue weighted by molar-refractivity contribution is 8.16. The SMILES string of the molecule is COc1ccccc1CC(=O)N=C1S[C@@H]2CS(=O)(=O)C[C@H]2N1c1c(Cl)cccc1Cl. The zero-order valence-corrected chi connectivity index (χ0v) is 19.1. The first-order valence-electron chi connectivity index (χ1n) is 9.13. The van der Waals surface area contributed by atoms with E-state index in [1.807, 2.05) is 18.2 Å². The molecule has 0 spiro atoms. The number of methoxy groups -OCH3 is 1. The Morgan fingerprint density at radius 1 is 1.17 bits per heavy atom. The lowest BCUT2D eigenvalue weighted by Gasteiger charge is -2.26. The van der Waals surface area contributed by atoms with Crippen LogP contribution in [0.1, 0.15) is 5.56 Å². The summed E-state index contributed by atoms with van der Waals surface area (Å²) in [4.78, 5) is 18.8. The fraction of sp³-hybridized carbons (Fsp3) is 0.300. The summed E-state index contributed by atoms with van der Waals surface area (Å²) in [7, 11) is -1.64. The number of benzene rings is 2. The van der Waals surface area contributed by atoms with E-state index in [2.05, 4.69) is 4.99 Å². The van der Waals surface area contributed by atoms with Crippen molar-refractivity contribution in [3.63, 3.8) is 0 Å². The molecular weight excluding hydrogens is 467 g/mol. The summed E-state index contributed by atoms with van der Waals surface area (Å²) < 4.78 is 29.7. The van der Waals surface area contributed by atoms with Crippen LogP contribution in [-0.4, -0.2) is 49.4 Å². The molecule has 2 aromatic carbocycles. The minimum Gasteiger partial charge on any atom is -0.496 e. The normalized spacial score (nSPS) is 23.6. The van der Waals surface area contributed by atoms with Crippen LogP contribution in [0, 0.1) is 0 Å². The molecule has 158 valence electrons. The van der Waals surface area contributed by atoms with Crippen LogP contribution in [0.25, 0.3) is 0 Å². The monoisotopic (exact) mass is 484 g/mol. The van der Waals surface area contributed by atoms with Crippen molar-refractivity contribution in [2.45, 2.75) is 17.7 Å². The van der Waals surface area contributed by atoms with Crippen LogP contribution in [0.3, 0.4) is 0 Å². The van der Waals surface area contributed by atoms with Crippen molar-refractivity contribution in [1.29, 1.82) is 0 Å². The lowest BCUT2D eigenvalue weighted by Crippen LogP contribution is -2.38. The molecule has 2 heterocycles. The number of para-hydroxylation sites is 2. The van der Waals surface area contributed by atoms with E-state index in [9.17, 15) is 13.2 Å². The number of carbonyl (C=O) groups is 1. The third-order valence-electron chi connectivity index (χ3n) is 5.00. The van der Waals surface area contributed by atoms with Crippen molar-refractivity contribution in [2.75, 3.05) is 23.5 Å². The van der Waals surface area contributed by atoms with Crippen molar-refractivity contribution in [1.82, 2.24) is 0 Å². The molecule has 0 saturated carbocycles. The molecule has 4 rings (SSSR count). The number of amides is 1. The number of halogens is 2. The number of anilines is 1. The van der Waals surface area contributed by atoms with Gasteiger partial charge in [0.15, 0.2) is 15.0 Å². The van der Waals surface area contributed by atoms with Gasteiger partial charge in [-0.25, -0.2) is 8.42 Å². The van der Waals surface area contributed by atoms with Gasteiger partial charge in [0.2, 0.25) is 0 Å². The molecule has 0 bridgehead atoms. The first-order chi connectivity index (χ1) is 14.3. The molecule has 2 atom stereocenters.